The van der Waals surface area contributed by atoms with Gasteiger partial charge in [0.15, 0.2) is 0 Å². The molecule has 160 valence electrons. The van der Waals surface area contributed by atoms with Crippen molar-refractivity contribution in [1.29, 1.82) is 0 Å². The van der Waals surface area contributed by atoms with Gasteiger partial charge in [-0.2, -0.15) is 0 Å². The van der Waals surface area contributed by atoms with Gasteiger partial charge in [-0.15, -0.1) is 0 Å². The summed E-state index contributed by atoms with van der Waals surface area (Å²) >= 11 is 0. The van der Waals surface area contributed by atoms with E-state index in [1.165, 1.54) is 11.1 Å². The average molecular weight is 413 g/mol. The predicted octanol–water partition coefficient (Wildman–Crippen LogP) is 7.04. The molecule has 31 heavy (non-hydrogen) atoms. The van der Waals surface area contributed by atoms with Crippen molar-refractivity contribution in [3.8, 4) is 0 Å². The molecule has 1 amide bonds. The van der Waals surface area contributed by atoms with Gasteiger partial charge in [-0.05, 0) is 53.8 Å². The number of hydrogen-bond acceptors (Lipinski definition) is 2. The molecule has 3 nitrogen and oxygen atoms in total. The molecular formula is C28H32N2O. The van der Waals surface area contributed by atoms with Gasteiger partial charge in [0.25, 0.3) is 5.91 Å². The highest BCUT2D eigenvalue weighted by Gasteiger charge is 2.40. The summed E-state index contributed by atoms with van der Waals surface area (Å²) in [5.74, 6) is 0.798. The zero-order chi connectivity index (χ0) is 22.0. The number of anilines is 2. The number of carbonyl (C=O) groups excluding carboxylic acids is 1. The van der Waals surface area contributed by atoms with Gasteiger partial charge in [0.05, 0.1) is 6.04 Å². The van der Waals surface area contributed by atoms with Crippen LogP contribution in [-0.2, 0) is 0 Å². The van der Waals surface area contributed by atoms with Crippen molar-refractivity contribution in [2.75, 3.05) is 10.2 Å². The first kappa shape index (κ1) is 21.2. The van der Waals surface area contributed by atoms with E-state index in [4.69, 9.17) is 0 Å². The molecule has 0 aromatic heterocycles. The van der Waals surface area contributed by atoms with E-state index in [1.807, 2.05) is 29.2 Å². The van der Waals surface area contributed by atoms with Crippen LogP contribution in [0.2, 0.25) is 0 Å². The molecule has 0 radical (unpaired) electrons. The van der Waals surface area contributed by atoms with Gasteiger partial charge in [-0.1, -0.05) is 76.2 Å². The smallest absolute Gasteiger partial charge is 0.258 e. The van der Waals surface area contributed by atoms with Crippen LogP contribution in [0.25, 0.3) is 0 Å². The highest BCUT2D eigenvalue weighted by Crippen LogP contribution is 2.44. The maximum atomic E-state index is 13.7. The van der Waals surface area contributed by atoms with Crippen molar-refractivity contribution < 1.29 is 4.79 Å². The van der Waals surface area contributed by atoms with Gasteiger partial charge in [0.1, 0.15) is 0 Å². The summed E-state index contributed by atoms with van der Waals surface area (Å²) in [5.41, 5.74) is 5.30. The molecule has 0 unspecified atom stereocenters. The van der Waals surface area contributed by atoms with Crippen LogP contribution in [0.3, 0.4) is 0 Å². The number of fused-ring (bicyclic) bond motifs is 1. The van der Waals surface area contributed by atoms with Crippen molar-refractivity contribution in [3.05, 3.63) is 95.6 Å². The zero-order valence-corrected chi connectivity index (χ0v) is 18.9. The van der Waals surface area contributed by atoms with E-state index >= 15 is 0 Å². The lowest BCUT2D eigenvalue weighted by Gasteiger charge is -2.45. The molecule has 1 aliphatic heterocycles. The maximum absolute atomic E-state index is 13.7. The van der Waals surface area contributed by atoms with E-state index < -0.39 is 0 Å². The topological polar surface area (TPSA) is 32.3 Å². The summed E-state index contributed by atoms with van der Waals surface area (Å²) in [7, 11) is 0. The Balaban J connectivity index is 1.73. The van der Waals surface area contributed by atoms with Crippen LogP contribution in [0.15, 0.2) is 78.9 Å². The van der Waals surface area contributed by atoms with E-state index in [1.54, 1.807) is 0 Å². The molecule has 0 fully saturated rings. The summed E-state index contributed by atoms with van der Waals surface area (Å²) < 4.78 is 0. The van der Waals surface area contributed by atoms with Gasteiger partial charge in [0.2, 0.25) is 0 Å². The highest BCUT2D eigenvalue weighted by atomic mass is 16.2. The lowest BCUT2D eigenvalue weighted by Crippen LogP contribution is -2.50. The van der Waals surface area contributed by atoms with Crippen LogP contribution in [0.1, 0.15) is 67.6 Å². The molecule has 0 aliphatic carbocycles. The fraction of sp³-hybridized carbons (Fsp3) is 0.321. The first-order chi connectivity index (χ1) is 15.0. The average Bonchev–Trinajstić information content (AvgIpc) is 2.80. The molecule has 1 heterocycles. The van der Waals surface area contributed by atoms with E-state index in [0.717, 1.165) is 23.4 Å². The van der Waals surface area contributed by atoms with Crippen LogP contribution in [0.4, 0.5) is 11.4 Å². The van der Waals surface area contributed by atoms with Gasteiger partial charge in [0, 0.05) is 28.9 Å². The molecule has 4 rings (SSSR count). The second-order valence-corrected chi connectivity index (χ2v) is 8.83. The molecule has 0 saturated heterocycles. The third kappa shape index (κ3) is 4.10. The molecule has 1 aliphatic rings. The van der Waals surface area contributed by atoms with Crippen LogP contribution in [0.5, 0.6) is 0 Å². The molecule has 0 bridgehead atoms. The van der Waals surface area contributed by atoms with Crippen molar-refractivity contribution in [1.82, 2.24) is 0 Å². The molecule has 1 N–H and O–H groups in total. The fourth-order valence-electron chi connectivity index (χ4n) is 4.78. The van der Waals surface area contributed by atoms with Crippen molar-refractivity contribution in [2.24, 2.45) is 5.92 Å². The van der Waals surface area contributed by atoms with Crippen LogP contribution < -0.4 is 10.2 Å². The van der Waals surface area contributed by atoms with Crippen LogP contribution >= 0.6 is 0 Å². The maximum Gasteiger partial charge on any atom is 0.258 e. The molecular weight excluding hydrogens is 380 g/mol. The second-order valence-electron chi connectivity index (χ2n) is 8.83. The quantitative estimate of drug-likeness (QED) is 0.487. The van der Waals surface area contributed by atoms with Crippen LogP contribution in [0, 0.1) is 5.92 Å². The summed E-state index contributed by atoms with van der Waals surface area (Å²) in [6, 6.07) is 27.1. The molecule has 0 spiro atoms. The second kappa shape index (κ2) is 8.97. The highest BCUT2D eigenvalue weighted by molar-refractivity contribution is 6.07. The number of hydrogen-bond donors (Lipinski definition) is 1. The van der Waals surface area contributed by atoms with Crippen LogP contribution in [-0.4, -0.2) is 11.9 Å². The summed E-state index contributed by atoms with van der Waals surface area (Å²) in [6.45, 7) is 8.78. The number of nitrogens with zero attached hydrogens (tertiary/aromatic N) is 1. The Hall–Kier alpha value is -3.07. The van der Waals surface area contributed by atoms with Crippen molar-refractivity contribution in [2.45, 2.75) is 52.1 Å². The number of para-hydroxylation sites is 2. The minimum Gasteiger partial charge on any atom is -0.378 e. The minimum atomic E-state index is 0.0830. The number of carbonyl (C=O) groups is 1. The van der Waals surface area contributed by atoms with Crippen molar-refractivity contribution in [3.63, 3.8) is 0 Å². The number of benzene rings is 3. The lowest BCUT2D eigenvalue weighted by atomic mass is 9.80. The first-order valence-electron chi connectivity index (χ1n) is 11.3. The van der Waals surface area contributed by atoms with E-state index in [9.17, 15) is 4.79 Å². The van der Waals surface area contributed by atoms with Crippen molar-refractivity contribution >= 4 is 17.3 Å². The third-order valence-corrected chi connectivity index (χ3v) is 6.55. The van der Waals surface area contributed by atoms with Gasteiger partial charge in [-0.3, -0.25) is 4.79 Å². The molecule has 3 heteroatoms. The zero-order valence-electron chi connectivity index (χ0n) is 18.9. The summed E-state index contributed by atoms with van der Waals surface area (Å²) in [5, 5.41) is 3.73. The standard InChI is InChI=1S/C28H32N2O/c1-5-25-20(4)27(29-23-11-7-6-8-12-23)24-13-9-10-14-26(24)30(25)28(31)22-17-15-21(16-18-22)19(2)3/h6-20,25,27,29H,5H2,1-4H3/t20-,25-,27+/m0/s1. The van der Waals surface area contributed by atoms with Gasteiger partial charge < -0.3 is 10.2 Å². The predicted molar refractivity (Wildman–Crippen MR) is 130 cm³/mol. The summed E-state index contributed by atoms with van der Waals surface area (Å²) in [4.78, 5) is 15.8. The Kier molecular flexibility index (Phi) is 6.13. The fourth-order valence-corrected chi connectivity index (χ4v) is 4.78. The first-order valence-corrected chi connectivity index (χ1v) is 11.3. The minimum absolute atomic E-state index is 0.0830. The number of nitrogens with one attached hydrogen (secondary N) is 1. The third-order valence-electron chi connectivity index (χ3n) is 6.55. The Morgan fingerprint density at radius 3 is 2.23 bits per heavy atom. The lowest BCUT2D eigenvalue weighted by molar-refractivity contribution is 0.0960. The number of amides is 1. The number of rotatable bonds is 5. The van der Waals surface area contributed by atoms with Gasteiger partial charge in [-0.25, -0.2) is 0 Å². The Morgan fingerprint density at radius 2 is 1.58 bits per heavy atom. The van der Waals surface area contributed by atoms with E-state index in [-0.39, 0.29) is 23.9 Å². The largest absolute Gasteiger partial charge is 0.378 e. The van der Waals surface area contributed by atoms with Gasteiger partial charge >= 0.3 is 0 Å². The summed E-state index contributed by atoms with van der Waals surface area (Å²) in [6.07, 6.45) is 0.901. The Bertz CT molecular complexity index is 1030. The van der Waals surface area contributed by atoms with E-state index in [0.29, 0.717) is 5.92 Å². The SMILES string of the molecule is CC[C@H]1[C@H](C)[C@@H](Nc2ccccc2)c2ccccc2N1C(=O)c1ccc(C(C)C)cc1. The molecule has 3 aromatic rings. The molecule has 0 saturated carbocycles. The monoisotopic (exact) mass is 412 g/mol. The molecule has 3 atom stereocenters. The molecule has 3 aromatic carbocycles. The normalized spacial score (nSPS) is 20.4. The van der Waals surface area contributed by atoms with E-state index in [2.05, 4.69) is 87.6 Å². The Morgan fingerprint density at radius 1 is 0.935 bits per heavy atom. The Labute approximate surface area is 186 Å².